The highest BCUT2D eigenvalue weighted by Crippen LogP contribution is 2.28. The zero-order valence-corrected chi connectivity index (χ0v) is 12.9. The van der Waals surface area contributed by atoms with Gasteiger partial charge in [0, 0.05) is 11.5 Å². The van der Waals surface area contributed by atoms with E-state index in [0.29, 0.717) is 11.6 Å². The van der Waals surface area contributed by atoms with Gasteiger partial charge in [0.15, 0.2) is 0 Å². The topological polar surface area (TPSA) is 59.4 Å². The second kappa shape index (κ2) is 5.69. The Hall–Kier alpha value is -2.15. The second-order valence-electron chi connectivity index (χ2n) is 4.39. The van der Waals surface area contributed by atoms with Crippen molar-refractivity contribution in [3.05, 3.63) is 63.7 Å². The first kappa shape index (κ1) is 13.8. The zero-order chi connectivity index (χ0) is 14.8. The minimum Gasteiger partial charge on any atom is -0.478 e. The maximum atomic E-state index is 11.0. The molecule has 5 heteroatoms. The first-order valence-electron chi connectivity index (χ1n) is 6.20. The summed E-state index contributed by atoms with van der Waals surface area (Å²) in [5, 5.41) is 10.1. The number of rotatable bonds is 3. The van der Waals surface area contributed by atoms with Gasteiger partial charge in [-0.2, -0.15) is 0 Å². The van der Waals surface area contributed by atoms with Gasteiger partial charge in [-0.05, 0) is 52.9 Å². The highest BCUT2D eigenvalue weighted by molar-refractivity contribution is 14.1. The molecular formula is C16H10INO3. The molecule has 4 nitrogen and oxygen atoms in total. The molecule has 0 aliphatic rings. The van der Waals surface area contributed by atoms with Gasteiger partial charge in [0.25, 0.3) is 0 Å². The fourth-order valence-corrected chi connectivity index (χ4v) is 2.38. The predicted molar refractivity (Wildman–Crippen MR) is 87.9 cm³/mol. The summed E-state index contributed by atoms with van der Waals surface area (Å²) in [5.41, 5.74) is 1.02. The second-order valence-corrected chi connectivity index (χ2v) is 5.56. The monoisotopic (exact) mass is 391 g/mol. The molecule has 0 aliphatic carbocycles. The quantitative estimate of drug-likeness (QED) is 0.676. The smallest absolute Gasteiger partial charge is 0.335 e. The molecule has 0 bridgehead atoms. The molecule has 104 valence electrons. The summed E-state index contributed by atoms with van der Waals surface area (Å²) in [7, 11) is 0. The zero-order valence-electron chi connectivity index (χ0n) is 10.8. The van der Waals surface area contributed by atoms with E-state index in [1.54, 1.807) is 18.2 Å². The Balaban J connectivity index is 1.98. The van der Waals surface area contributed by atoms with E-state index in [0.717, 1.165) is 14.5 Å². The number of halogens is 1. The first-order chi connectivity index (χ1) is 10.1. The van der Waals surface area contributed by atoms with Crippen molar-refractivity contribution in [2.45, 2.75) is 0 Å². The summed E-state index contributed by atoms with van der Waals surface area (Å²) in [4.78, 5) is 15.4. The summed E-state index contributed by atoms with van der Waals surface area (Å²) < 4.78 is 6.55. The minimum absolute atomic E-state index is 0.186. The van der Waals surface area contributed by atoms with Gasteiger partial charge in [0.2, 0.25) is 5.88 Å². The van der Waals surface area contributed by atoms with Gasteiger partial charge in [-0.1, -0.05) is 18.2 Å². The van der Waals surface area contributed by atoms with Crippen molar-refractivity contribution < 1.29 is 14.6 Å². The fraction of sp³-hybridized carbons (Fsp3) is 0. The van der Waals surface area contributed by atoms with Crippen LogP contribution in [0.3, 0.4) is 0 Å². The van der Waals surface area contributed by atoms with Gasteiger partial charge < -0.3 is 9.84 Å². The van der Waals surface area contributed by atoms with Crippen molar-refractivity contribution in [1.82, 2.24) is 4.98 Å². The lowest BCUT2D eigenvalue weighted by Crippen LogP contribution is -1.98. The Morgan fingerprint density at radius 2 is 1.90 bits per heavy atom. The van der Waals surface area contributed by atoms with Gasteiger partial charge in [0.05, 0.1) is 14.7 Å². The van der Waals surface area contributed by atoms with Crippen molar-refractivity contribution in [2.24, 2.45) is 0 Å². The molecular weight excluding hydrogens is 381 g/mol. The van der Waals surface area contributed by atoms with Crippen molar-refractivity contribution in [3.8, 4) is 11.6 Å². The Morgan fingerprint density at radius 3 is 2.71 bits per heavy atom. The largest absolute Gasteiger partial charge is 0.478 e. The van der Waals surface area contributed by atoms with Crippen molar-refractivity contribution in [2.75, 3.05) is 0 Å². The van der Waals surface area contributed by atoms with E-state index in [2.05, 4.69) is 27.6 Å². The minimum atomic E-state index is -0.984. The summed E-state index contributed by atoms with van der Waals surface area (Å²) in [6.45, 7) is 0. The molecule has 0 saturated carbocycles. The van der Waals surface area contributed by atoms with E-state index in [4.69, 9.17) is 9.84 Å². The summed E-state index contributed by atoms with van der Waals surface area (Å²) >= 11 is 2.10. The summed E-state index contributed by atoms with van der Waals surface area (Å²) in [5.74, 6) is -0.0600. The maximum Gasteiger partial charge on any atom is 0.335 e. The van der Waals surface area contributed by atoms with Crippen LogP contribution in [-0.2, 0) is 0 Å². The highest BCUT2D eigenvalue weighted by atomic mass is 127. The molecule has 3 rings (SSSR count). The molecule has 1 heterocycles. The highest BCUT2D eigenvalue weighted by Gasteiger charge is 2.09. The molecule has 1 N–H and O–H groups in total. The molecule has 0 saturated heterocycles. The number of fused-ring (bicyclic) bond motifs is 1. The number of nitrogens with zero attached hydrogens (tertiary/aromatic N) is 1. The molecule has 2 aromatic carbocycles. The van der Waals surface area contributed by atoms with Crippen LogP contribution in [0.2, 0.25) is 0 Å². The van der Waals surface area contributed by atoms with E-state index < -0.39 is 5.97 Å². The van der Waals surface area contributed by atoms with Crippen LogP contribution < -0.4 is 4.74 Å². The van der Waals surface area contributed by atoms with Gasteiger partial charge in [-0.3, -0.25) is 0 Å². The molecule has 0 radical (unpaired) electrons. The lowest BCUT2D eigenvalue weighted by Gasteiger charge is -2.08. The molecule has 0 amide bonds. The van der Waals surface area contributed by atoms with Crippen molar-refractivity contribution in [3.63, 3.8) is 0 Å². The summed E-state index contributed by atoms with van der Waals surface area (Å²) in [6, 6.07) is 16.2. The lowest BCUT2D eigenvalue weighted by atomic mass is 10.2. The third kappa shape index (κ3) is 2.97. The van der Waals surface area contributed by atoms with Crippen molar-refractivity contribution >= 4 is 39.5 Å². The number of carbonyl (C=O) groups is 1. The molecule has 0 spiro atoms. The van der Waals surface area contributed by atoms with Gasteiger partial charge in [0.1, 0.15) is 5.75 Å². The number of pyridine rings is 1. The molecule has 0 aliphatic heterocycles. The van der Waals surface area contributed by atoms with E-state index >= 15 is 0 Å². The molecule has 0 unspecified atom stereocenters. The third-order valence-electron chi connectivity index (χ3n) is 2.97. The maximum absolute atomic E-state index is 11.0. The fourth-order valence-electron chi connectivity index (χ4n) is 1.93. The van der Waals surface area contributed by atoms with Crippen LogP contribution in [0.25, 0.3) is 10.9 Å². The number of aromatic nitrogens is 1. The Morgan fingerprint density at radius 1 is 1.10 bits per heavy atom. The van der Waals surface area contributed by atoms with Crippen LogP contribution in [0.4, 0.5) is 0 Å². The van der Waals surface area contributed by atoms with E-state index in [1.165, 1.54) is 6.07 Å². The molecule has 3 aromatic rings. The number of aromatic carboxylic acids is 1. The molecule has 0 fully saturated rings. The predicted octanol–water partition coefficient (Wildman–Crippen LogP) is 4.33. The third-order valence-corrected chi connectivity index (χ3v) is 3.86. The first-order valence-corrected chi connectivity index (χ1v) is 7.28. The average Bonchev–Trinajstić information content (AvgIpc) is 2.49. The van der Waals surface area contributed by atoms with Crippen LogP contribution in [0, 0.1) is 3.57 Å². The van der Waals surface area contributed by atoms with Gasteiger partial charge in [-0.15, -0.1) is 0 Å². The van der Waals surface area contributed by atoms with Crippen molar-refractivity contribution in [1.29, 1.82) is 0 Å². The Kier molecular flexibility index (Phi) is 3.74. The summed E-state index contributed by atoms with van der Waals surface area (Å²) in [6.07, 6.45) is 0. The number of ether oxygens (including phenoxy) is 1. The number of carboxylic acid groups (broad SMARTS) is 1. The van der Waals surface area contributed by atoms with Crippen LogP contribution in [0.5, 0.6) is 11.6 Å². The van der Waals surface area contributed by atoms with Gasteiger partial charge in [-0.25, -0.2) is 9.78 Å². The number of hydrogen-bond acceptors (Lipinski definition) is 3. The van der Waals surface area contributed by atoms with E-state index in [-0.39, 0.29) is 5.56 Å². The Bertz CT molecular complexity index is 833. The lowest BCUT2D eigenvalue weighted by molar-refractivity contribution is 0.0696. The molecule has 0 atom stereocenters. The number of para-hydroxylation sites is 1. The number of carboxylic acids is 1. The van der Waals surface area contributed by atoms with E-state index in [1.807, 2.05) is 30.3 Å². The van der Waals surface area contributed by atoms with Gasteiger partial charge >= 0.3 is 5.97 Å². The average molecular weight is 391 g/mol. The normalized spacial score (nSPS) is 10.5. The van der Waals surface area contributed by atoms with Crippen LogP contribution in [-0.4, -0.2) is 16.1 Å². The Labute approximate surface area is 134 Å². The molecule has 1 aromatic heterocycles. The SMILES string of the molecule is O=C(O)c1ccc(I)c(Oc2ccc3ccccc3n2)c1. The van der Waals surface area contributed by atoms with Crippen LogP contribution in [0.15, 0.2) is 54.6 Å². The number of benzene rings is 2. The molecule has 21 heavy (non-hydrogen) atoms. The van der Waals surface area contributed by atoms with Crippen LogP contribution >= 0.6 is 22.6 Å². The van der Waals surface area contributed by atoms with E-state index in [9.17, 15) is 4.79 Å². The van der Waals surface area contributed by atoms with Crippen LogP contribution in [0.1, 0.15) is 10.4 Å². The standard InChI is InChI=1S/C16H10INO3/c17-12-7-5-11(16(19)20)9-14(12)21-15-8-6-10-3-1-2-4-13(10)18-15/h1-9H,(H,19,20). The number of hydrogen-bond donors (Lipinski definition) is 1.